The SMILES string of the molecule is CNC1(CNc2cncc(Cl)c2-c2ccc(Cl)cc2)CC1. The number of nitrogens with one attached hydrogen (secondary N) is 2. The van der Waals surface area contributed by atoms with E-state index in [1.807, 2.05) is 37.5 Å². The maximum Gasteiger partial charge on any atom is 0.0688 e. The molecule has 0 radical (unpaired) electrons. The molecule has 1 aliphatic rings. The van der Waals surface area contributed by atoms with E-state index in [1.54, 1.807) is 6.20 Å². The molecule has 0 saturated heterocycles. The fourth-order valence-corrected chi connectivity index (χ4v) is 2.80. The quantitative estimate of drug-likeness (QED) is 0.865. The molecule has 0 amide bonds. The first-order valence-electron chi connectivity index (χ1n) is 6.96. The lowest BCUT2D eigenvalue weighted by atomic mass is 10.1. The highest BCUT2D eigenvalue weighted by Crippen LogP contribution is 2.38. The Balaban J connectivity index is 1.90. The lowest BCUT2D eigenvalue weighted by Gasteiger charge is -2.18. The van der Waals surface area contributed by atoms with Crippen LogP contribution in [-0.4, -0.2) is 24.1 Å². The standard InChI is InChI=1S/C16H17Cl2N3/c1-19-16(6-7-16)10-21-14-9-20-8-13(18)15(14)11-2-4-12(17)5-3-11/h2-5,8-9,19,21H,6-7,10H2,1H3. The Morgan fingerprint density at radius 3 is 2.48 bits per heavy atom. The maximum absolute atomic E-state index is 6.35. The van der Waals surface area contributed by atoms with Gasteiger partial charge in [0.15, 0.2) is 0 Å². The Morgan fingerprint density at radius 1 is 1.14 bits per heavy atom. The first kappa shape index (κ1) is 14.6. The van der Waals surface area contributed by atoms with Crippen LogP contribution in [0.5, 0.6) is 0 Å². The largest absolute Gasteiger partial charge is 0.381 e. The van der Waals surface area contributed by atoms with E-state index in [0.717, 1.165) is 23.4 Å². The van der Waals surface area contributed by atoms with E-state index in [1.165, 1.54) is 12.8 Å². The van der Waals surface area contributed by atoms with E-state index in [0.29, 0.717) is 10.0 Å². The van der Waals surface area contributed by atoms with Gasteiger partial charge in [-0.1, -0.05) is 35.3 Å². The minimum atomic E-state index is 0.222. The average molecular weight is 322 g/mol. The Bertz CT molecular complexity index is 636. The number of nitrogens with zero attached hydrogens (tertiary/aromatic N) is 1. The highest BCUT2D eigenvalue weighted by Gasteiger charge is 2.40. The molecule has 0 aliphatic heterocycles. The monoisotopic (exact) mass is 321 g/mol. The summed E-state index contributed by atoms with van der Waals surface area (Å²) in [6, 6.07) is 7.68. The number of halogens is 2. The third kappa shape index (κ3) is 3.15. The summed E-state index contributed by atoms with van der Waals surface area (Å²) in [6.45, 7) is 0.867. The zero-order valence-corrected chi connectivity index (χ0v) is 13.3. The molecular weight excluding hydrogens is 305 g/mol. The number of hydrogen-bond donors (Lipinski definition) is 2. The predicted molar refractivity (Wildman–Crippen MR) is 89.2 cm³/mol. The van der Waals surface area contributed by atoms with Crippen molar-refractivity contribution >= 4 is 28.9 Å². The minimum absolute atomic E-state index is 0.222. The minimum Gasteiger partial charge on any atom is -0.381 e. The van der Waals surface area contributed by atoms with Crippen molar-refractivity contribution in [1.29, 1.82) is 0 Å². The number of benzene rings is 1. The molecule has 1 saturated carbocycles. The van der Waals surface area contributed by atoms with Gasteiger partial charge in [-0.05, 0) is 37.6 Å². The van der Waals surface area contributed by atoms with Crippen LogP contribution in [0, 0.1) is 0 Å². The third-order valence-electron chi connectivity index (χ3n) is 4.03. The number of rotatable bonds is 5. The fraction of sp³-hybridized carbons (Fsp3) is 0.312. The van der Waals surface area contributed by atoms with E-state index in [9.17, 15) is 0 Å². The molecule has 0 unspecified atom stereocenters. The molecule has 2 aromatic rings. The maximum atomic E-state index is 6.35. The first-order chi connectivity index (χ1) is 10.1. The highest BCUT2D eigenvalue weighted by molar-refractivity contribution is 6.34. The van der Waals surface area contributed by atoms with Gasteiger partial charge < -0.3 is 10.6 Å². The van der Waals surface area contributed by atoms with E-state index < -0.39 is 0 Å². The van der Waals surface area contributed by atoms with E-state index >= 15 is 0 Å². The van der Waals surface area contributed by atoms with Crippen LogP contribution in [0.3, 0.4) is 0 Å². The molecule has 3 rings (SSSR count). The summed E-state index contributed by atoms with van der Waals surface area (Å²) >= 11 is 12.3. The van der Waals surface area contributed by atoms with E-state index in [-0.39, 0.29) is 5.54 Å². The smallest absolute Gasteiger partial charge is 0.0688 e. The molecule has 1 heterocycles. The lowest BCUT2D eigenvalue weighted by Crippen LogP contribution is -2.35. The van der Waals surface area contributed by atoms with Gasteiger partial charge in [-0.25, -0.2) is 0 Å². The van der Waals surface area contributed by atoms with Crippen molar-refractivity contribution < 1.29 is 0 Å². The highest BCUT2D eigenvalue weighted by atomic mass is 35.5. The molecular formula is C16H17Cl2N3. The number of hydrogen-bond acceptors (Lipinski definition) is 3. The third-order valence-corrected chi connectivity index (χ3v) is 4.57. The van der Waals surface area contributed by atoms with Crippen LogP contribution in [0.15, 0.2) is 36.7 Å². The van der Waals surface area contributed by atoms with Crippen molar-refractivity contribution in [2.45, 2.75) is 18.4 Å². The molecule has 1 fully saturated rings. The van der Waals surface area contributed by atoms with E-state index in [4.69, 9.17) is 23.2 Å². The van der Waals surface area contributed by atoms with Crippen LogP contribution in [-0.2, 0) is 0 Å². The summed E-state index contributed by atoms with van der Waals surface area (Å²) in [6.07, 6.45) is 5.88. The van der Waals surface area contributed by atoms with Gasteiger partial charge >= 0.3 is 0 Å². The van der Waals surface area contributed by atoms with Crippen molar-refractivity contribution in [3.05, 3.63) is 46.7 Å². The first-order valence-corrected chi connectivity index (χ1v) is 7.71. The lowest BCUT2D eigenvalue weighted by molar-refractivity contribution is 0.578. The van der Waals surface area contributed by atoms with Crippen LogP contribution in [0.25, 0.3) is 11.1 Å². The van der Waals surface area contributed by atoms with Crippen LogP contribution in [0.1, 0.15) is 12.8 Å². The summed E-state index contributed by atoms with van der Waals surface area (Å²) < 4.78 is 0. The Morgan fingerprint density at radius 2 is 1.86 bits per heavy atom. The topological polar surface area (TPSA) is 37.0 Å². The van der Waals surface area contributed by atoms with Crippen molar-refractivity contribution in [3.63, 3.8) is 0 Å². The van der Waals surface area contributed by atoms with Gasteiger partial charge in [0.1, 0.15) is 0 Å². The number of anilines is 1. The molecule has 3 nitrogen and oxygen atoms in total. The summed E-state index contributed by atoms with van der Waals surface area (Å²) in [5, 5.41) is 8.20. The summed E-state index contributed by atoms with van der Waals surface area (Å²) in [7, 11) is 2.00. The Hall–Kier alpha value is -1.29. The molecule has 1 aromatic heterocycles. The number of likely N-dealkylation sites (N-methyl/N-ethyl adjacent to an activating group) is 1. The fourth-order valence-electron chi connectivity index (χ4n) is 2.41. The van der Waals surface area contributed by atoms with Gasteiger partial charge in [0.2, 0.25) is 0 Å². The molecule has 0 spiro atoms. The molecule has 21 heavy (non-hydrogen) atoms. The molecule has 0 bridgehead atoms. The van der Waals surface area contributed by atoms with Gasteiger partial charge in [0, 0.05) is 28.9 Å². The summed E-state index contributed by atoms with van der Waals surface area (Å²) in [5.41, 5.74) is 3.17. The summed E-state index contributed by atoms with van der Waals surface area (Å²) in [5.74, 6) is 0. The number of pyridine rings is 1. The second kappa shape index (κ2) is 5.84. The molecule has 5 heteroatoms. The van der Waals surface area contributed by atoms with Crippen LogP contribution in [0.4, 0.5) is 5.69 Å². The Kier molecular flexibility index (Phi) is 4.07. The molecule has 2 N–H and O–H groups in total. The average Bonchev–Trinajstić information content (AvgIpc) is 3.27. The van der Waals surface area contributed by atoms with Crippen molar-refractivity contribution in [2.75, 3.05) is 18.9 Å². The zero-order chi connectivity index (χ0) is 14.9. The van der Waals surface area contributed by atoms with Gasteiger partial charge in [0.25, 0.3) is 0 Å². The van der Waals surface area contributed by atoms with Crippen LogP contribution >= 0.6 is 23.2 Å². The molecule has 1 aliphatic carbocycles. The van der Waals surface area contributed by atoms with Crippen LogP contribution in [0.2, 0.25) is 10.0 Å². The summed E-state index contributed by atoms with van der Waals surface area (Å²) in [4.78, 5) is 4.19. The molecule has 1 aromatic carbocycles. The van der Waals surface area contributed by atoms with Gasteiger partial charge in [-0.2, -0.15) is 0 Å². The van der Waals surface area contributed by atoms with Crippen molar-refractivity contribution in [3.8, 4) is 11.1 Å². The van der Waals surface area contributed by atoms with Gasteiger partial charge in [0.05, 0.1) is 16.9 Å². The zero-order valence-electron chi connectivity index (χ0n) is 11.8. The Labute approximate surface area is 134 Å². The van der Waals surface area contributed by atoms with Crippen LogP contribution < -0.4 is 10.6 Å². The second-order valence-electron chi connectivity index (χ2n) is 5.43. The molecule has 110 valence electrons. The normalized spacial score (nSPS) is 15.8. The molecule has 0 atom stereocenters. The predicted octanol–water partition coefficient (Wildman–Crippen LogP) is 4.22. The van der Waals surface area contributed by atoms with Crippen molar-refractivity contribution in [1.82, 2.24) is 10.3 Å². The number of aromatic nitrogens is 1. The second-order valence-corrected chi connectivity index (χ2v) is 6.28. The van der Waals surface area contributed by atoms with E-state index in [2.05, 4.69) is 15.6 Å². The van der Waals surface area contributed by atoms with Gasteiger partial charge in [-0.15, -0.1) is 0 Å². The van der Waals surface area contributed by atoms with Crippen molar-refractivity contribution in [2.24, 2.45) is 0 Å². The van der Waals surface area contributed by atoms with Gasteiger partial charge in [-0.3, -0.25) is 4.98 Å².